The maximum Gasteiger partial charge on any atom is 0.310 e. The summed E-state index contributed by atoms with van der Waals surface area (Å²) in [5.41, 5.74) is 6.38. The molecular weight excluding hydrogens is 358 g/mol. The summed E-state index contributed by atoms with van der Waals surface area (Å²) in [4.78, 5) is 27.1. The Morgan fingerprint density at radius 1 is 1.23 bits per heavy atom. The van der Waals surface area contributed by atoms with Gasteiger partial charge in [0.2, 0.25) is 5.91 Å². The molecule has 0 bridgehead atoms. The summed E-state index contributed by atoms with van der Waals surface area (Å²) >= 11 is 6.39. The van der Waals surface area contributed by atoms with Gasteiger partial charge < -0.3 is 15.4 Å². The van der Waals surface area contributed by atoms with Gasteiger partial charge in [-0.15, -0.1) is 11.6 Å². The van der Waals surface area contributed by atoms with Crippen LogP contribution in [0.25, 0.3) is 0 Å². The zero-order valence-corrected chi connectivity index (χ0v) is 16.2. The van der Waals surface area contributed by atoms with Crippen LogP contribution in [-0.4, -0.2) is 67.3 Å². The van der Waals surface area contributed by atoms with Crippen molar-refractivity contribution in [3.63, 3.8) is 0 Å². The van der Waals surface area contributed by atoms with Gasteiger partial charge in [-0.3, -0.25) is 14.5 Å². The zero-order valence-electron chi connectivity index (χ0n) is 15.5. The third-order valence-corrected chi connectivity index (χ3v) is 6.45. The Kier molecular flexibility index (Phi) is 6.74. The molecule has 9 heteroatoms. The average molecular weight is 388 g/mol. The van der Waals surface area contributed by atoms with Crippen LogP contribution in [0.15, 0.2) is 0 Å². The molecule has 2 aliphatic heterocycles. The van der Waals surface area contributed by atoms with Gasteiger partial charge in [0.25, 0.3) is 0 Å². The Morgan fingerprint density at radius 3 is 2.65 bits per heavy atom. The number of alkyl halides is 1. The van der Waals surface area contributed by atoms with E-state index in [1.54, 1.807) is 0 Å². The Balaban J connectivity index is 1.53. The van der Waals surface area contributed by atoms with Crippen LogP contribution in [0.5, 0.6) is 0 Å². The molecule has 3 rings (SSSR count). The number of amides is 1. The van der Waals surface area contributed by atoms with E-state index in [9.17, 15) is 9.59 Å². The number of methoxy groups -OCH3 is 1. The zero-order chi connectivity index (χ0) is 18.7. The number of carbonyl (C=O) groups excluding carboxylic acids is 2. The highest BCUT2D eigenvalue weighted by Gasteiger charge is 2.40. The molecule has 2 saturated heterocycles. The molecule has 1 aliphatic carbocycles. The van der Waals surface area contributed by atoms with Gasteiger partial charge in [-0.05, 0) is 31.6 Å². The van der Waals surface area contributed by atoms with Crippen molar-refractivity contribution in [3.8, 4) is 0 Å². The predicted octanol–water partition coefficient (Wildman–Crippen LogP) is -0.257. The van der Waals surface area contributed by atoms with Gasteiger partial charge in [-0.25, -0.2) is 10.9 Å². The Bertz CT molecular complexity index is 509. The van der Waals surface area contributed by atoms with Crippen molar-refractivity contribution >= 4 is 23.5 Å². The molecule has 0 aromatic rings. The van der Waals surface area contributed by atoms with Crippen LogP contribution < -0.4 is 21.5 Å². The van der Waals surface area contributed by atoms with Crippen LogP contribution in [0.2, 0.25) is 0 Å². The van der Waals surface area contributed by atoms with Crippen LogP contribution in [0.1, 0.15) is 32.6 Å². The first-order valence-electron chi connectivity index (χ1n) is 9.47. The molecular formula is C17H30ClN5O3. The van der Waals surface area contributed by atoms with E-state index in [0.29, 0.717) is 12.8 Å². The molecule has 0 radical (unpaired) electrons. The third-order valence-electron chi connectivity index (χ3n) is 5.84. The van der Waals surface area contributed by atoms with E-state index in [0.717, 1.165) is 32.6 Å². The van der Waals surface area contributed by atoms with Crippen molar-refractivity contribution < 1.29 is 14.3 Å². The lowest BCUT2D eigenvalue weighted by Crippen LogP contribution is -2.63. The fourth-order valence-electron chi connectivity index (χ4n) is 4.13. The Labute approximate surface area is 159 Å². The largest absolute Gasteiger partial charge is 0.469 e. The molecule has 0 aromatic carbocycles. The summed E-state index contributed by atoms with van der Waals surface area (Å²) in [6.07, 6.45) is 3.09. The average Bonchev–Trinajstić information content (AvgIpc) is 3.18. The van der Waals surface area contributed by atoms with Gasteiger partial charge in [0.1, 0.15) is 6.04 Å². The highest BCUT2D eigenvalue weighted by atomic mass is 35.5. The first kappa shape index (κ1) is 19.8. The highest BCUT2D eigenvalue weighted by molar-refractivity contribution is 6.20. The molecule has 1 amide bonds. The number of esters is 1. The van der Waals surface area contributed by atoms with Crippen molar-refractivity contribution in [2.24, 2.45) is 11.8 Å². The Hall–Kier alpha value is -0.930. The number of ether oxygens (including phenoxy) is 1. The van der Waals surface area contributed by atoms with E-state index >= 15 is 0 Å². The second-order valence-electron chi connectivity index (χ2n) is 7.61. The Morgan fingerprint density at radius 2 is 2.04 bits per heavy atom. The first-order valence-corrected chi connectivity index (χ1v) is 9.91. The van der Waals surface area contributed by atoms with E-state index < -0.39 is 0 Å². The van der Waals surface area contributed by atoms with Gasteiger partial charge in [0.05, 0.1) is 19.2 Å². The minimum atomic E-state index is -0.339. The summed E-state index contributed by atoms with van der Waals surface area (Å²) in [5, 5.41) is 6.30. The van der Waals surface area contributed by atoms with E-state index in [1.165, 1.54) is 7.11 Å². The fraction of sp³-hybridized carbons (Fsp3) is 0.882. The second-order valence-corrected chi connectivity index (χ2v) is 8.17. The lowest BCUT2D eigenvalue weighted by molar-refractivity contribution is -0.148. The summed E-state index contributed by atoms with van der Waals surface area (Å²) in [6, 6.07) is -0.593. The van der Waals surface area contributed by atoms with E-state index in [2.05, 4.69) is 26.4 Å². The number of rotatable bonds is 4. The van der Waals surface area contributed by atoms with Crippen LogP contribution >= 0.6 is 11.6 Å². The molecule has 0 spiro atoms. The second kappa shape index (κ2) is 8.84. The van der Waals surface area contributed by atoms with Gasteiger partial charge in [0.15, 0.2) is 0 Å². The molecule has 6 atom stereocenters. The topological polar surface area (TPSA) is 94.7 Å². The van der Waals surface area contributed by atoms with Crippen LogP contribution in [0, 0.1) is 11.8 Å². The quantitative estimate of drug-likeness (QED) is 0.390. The highest BCUT2D eigenvalue weighted by Crippen LogP contribution is 2.33. The van der Waals surface area contributed by atoms with Gasteiger partial charge in [0, 0.05) is 31.2 Å². The van der Waals surface area contributed by atoms with Crippen LogP contribution in [-0.2, 0) is 14.3 Å². The smallest absolute Gasteiger partial charge is 0.310 e. The number of halogens is 1. The number of hydrogen-bond acceptors (Lipinski definition) is 7. The minimum Gasteiger partial charge on any atom is -0.469 e. The van der Waals surface area contributed by atoms with Crippen LogP contribution in [0.4, 0.5) is 0 Å². The molecule has 26 heavy (non-hydrogen) atoms. The molecule has 2 heterocycles. The molecule has 4 N–H and O–H groups in total. The summed E-state index contributed by atoms with van der Waals surface area (Å²) < 4.78 is 4.93. The fourth-order valence-corrected chi connectivity index (χ4v) is 4.43. The lowest BCUT2D eigenvalue weighted by Gasteiger charge is -2.39. The number of carbonyl (C=O) groups is 2. The maximum absolute atomic E-state index is 12.7. The van der Waals surface area contributed by atoms with Crippen molar-refractivity contribution in [2.75, 3.05) is 26.9 Å². The maximum atomic E-state index is 12.7. The standard InChI is InChI=1S/C17H30ClN5O3/c1-10-7-11(17(25)26-2)14(8-12(10)18)20-16(24)13-3-4-15(22-21-13)23-6-5-19-9-23/h10-15,19,21-22H,3-9H2,1-2H3,(H,20,24). The van der Waals surface area contributed by atoms with E-state index in [1.807, 2.05) is 6.92 Å². The van der Waals surface area contributed by atoms with Crippen molar-refractivity contribution in [1.29, 1.82) is 0 Å². The third kappa shape index (κ3) is 4.48. The number of nitrogens with one attached hydrogen (secondary N) is 4. The van der Waals surface area contributed by atoms with Gasteiger partial charge in [-0.1, -0.05) is 6.92 Å². The predicted molar refractivity (Wildman–Crippen MR) is 98.1 cm³/mol. The molecule has 3 fully saturated rings. The number of nitrogens with zero attached hydrogens (tertiary/aromatic N) is 1. The van der Waals surface area contributed by atoms with Gasteiger partial charge in [-0.2, -0.15) is 0 Å². The van der Waals surface area contributed by atoms with Gasteiger partial charge >= 0.3 is 5.97 Å². The number of hydrazine groups is 1. The minimum absolute atomic E-state index is 0.0503. The lowest BCUT2D eigenvalue weighted by atomic mass is 9.78. The summed E-state index contributed by atoms with van der Waals surface area (Å²) in [6.45, 7) is 4.91. The molecule has 1 saturated carbocycles. The monoisotopic (exact) mass is 387 g/mol. The van der Waals surface area contributed by atoms with E-state index in [-0.39, 0.29) is 47.3 Å². The number of hydrogen-bond donors (Lipinski definition) is 4. The van der Waals surface area contributed by atoms with Crippen molar-refractivity contribution in [3.05, 3.63) is 0 Å². The summed E-state index contributed by atoms with van der Waals surface area (Å²) in [7, 11) is 1.39. The molecule has 8 nitrogen and oxygen atoms in total. The molecule has 3 aliphatic rings. The molecule has 6 unspecified atom stereocenters. The van der Waals surface area contributed by atoms with Crippen molar-refractivity contribution in [2.45, 2.75) is 56.2 Å². The SMILES string of the molecule is COC(=O)C1CC(C)C(Cl)CC1NC(=O)C1CCC(N2CCNC2)NN1. The molecule has 148 valence electrons. The first-order chi connectivity index (χ1) is 12.5. The normalized spacial score (nSPS) is 38.7. The van der Waals surface area contributed by atoms with Crippen molar-refractivity contribution in [1.82, 2.24) is 26.4 Å². The summed E-state index contributed by atoms with van der Waals surface area (Å²) in [5.74, 6) is -0.484. The van der Waals surface area contributed by atoms with E-state index in [4.69, 9.17) is 16.3 Å². The molecule has 0 aromatic heterocycles. The van der Waals surface area contributed by atoms with Crippen LogP contribution in [0.3, 0.4) is 0 Å².